The summed E-state index contributed by atoms with van der Waals surface area (Å²) in [7, 11) is 0. The van der Waals surface area contributed by atoms with Crippen LogP contribution in [0, 0.1) is 11.6 Å². The van der Waals surface area contributed by atoms with Crippen molar-refractivity contribution in [1.29, 1.82) is 0 Å². The SMILES string of the molecule is C=CCC(N)(CC=C)c1c(F)cccc1F. The molecule has 0 aliphatic heterocycles. The summed E-state index contributed by atoms with van der Waals surface area (Å²) in [5, 5.41) is 0. The first-order valence-electron chi connectivity index (χ1n) is 5.00. The van der Waals surface area contributed by atoms with Gasteiger partial charge < -0.3 is 5.73 Å². The van der Waals surface area contributed by atoms with Crippen molar-refractivity contribution in [2.75, 3.05) is 0 Å². The molecule has 0 aromatic heterocycles. The standard InChI is InChI=1S/C13H15F2N/c1-3-8-13(16,9-4-2)12-10(14)6-5-7-11(12)15/h3-7H,1-2,8-9,16H2. The Morgan fingerprint density at radius 3 is 1.94 bits per heavy atom. The van der Waals surface area contributed by atoms with Crippen molar-refractivity contribution in [3.8, 4) is 0 Å². The van der Waals surface area contributed by atoms with Crippen molar-refractivity contribution in [2.24, 2.45) is 5.73 Å². The van der Waals surface area contributed by atoms with Crippen LogP contribution in [0.1, 0.15) is 18.4 Å². The van der Waals surface area contributed by atoms with E-state index in [2.05, 4.69) is 13.2 Å². The predicted octanol–water partition coefficient (Wildman–Crippen LogP) is 3.27. The Balaban J connectivity index is 3.29. The number of hydrogen-bond donors (Lipinski definition) is 1. The molecule has 1 nitrogen and oxygen atoms in total. The van der Waals surface area contributed by atoms with Gasteiger partial charge in [-0.1, -0.05) is 18.2 Å². The maximum absolute atomic E-state index is 13.6. The van der Waals surface area contributed by atoms with Gasteiger partial charge in [0, 0.05) is 5.56 Å². The van der Waals surface area contributed by atoms with E-state index in [0.29, 0.717) is 0 Å². The van der Waals surface area contributed by atoms with E-state index in [1.54, 1.807) is 12.2 Å². The number of benzene rings is 1. The van der Waals surface area contributed by atoms with Gasteiger partial charge in [0.25, 0.3) is 0 Å². The Hall–Kier alpha value is -1.48. The fourth-order valence-electron chi connectivity index (χ4n) is 1.78. The maximum atomic E-state index is 13.6. The molecular formula is C13H15F2N. The summed E-state index contributed by atoms with van der Waals surface area (Å²) < 4.78 is 27.2. The molecule has 0 atom stereocenters. The third kappa shape index (κ3) is 2.36. The van der Waals surface area contributed by atoms with Crippen LogP contribution in [0.15, 0.2) is 43.5 Å². The highest BCUT2D eigenvalue weighted by molar-refractivity contribution is 5.29. The van der Waals surface area contributed by atoms with Gasteiger partial charge >= 0.3 is 0 Å². The first kappa shape index (κ1) is 12.6. The lowest BCUT2D eigenvalue weighted by atomic mass is 9.84. The van der Waals surface area contributed by atoms with E-state index in [0.717, 1.165) is 0 Å². The van der Waals surface area contributed by atoms with Crippen LogP contribution in [0.2, 0.25) is 0 Å². The normalized spacial score (nSPS) is 11.2. The van der Waals surface area contributed by atoms with E-state index in [1.165, 1.54) is 18.2 Å². The zero-order chi connectivity index (χ0) is 12.2. The van der Waals surface area contributed by atoms with Gasteiger partial charge in [0.1, 0.15) is 11.6 Å². The van der Waals surface area contributed by atoms with Crippen LogP contribution in [-0.2, 0) is 5.54 Å². The highest BCUT2D eigenvalue weighted by Crippen LogP contribution is 2.31. The van der Waals surface area contributed by atoms with Crippen molar-refractivity contribution >= 4 is 0 Å². The van der Waals surface area contributed by atoms with Crippen LogP contribution in [0.4, 0.5) is 8.78 Å². The van der Waals surface area contributed by atoms with E-state index in [1.807, 2.05) is 0 Å². The number of nitrogens with two attached hydrogens (primary N) is 1. The molecule has 86 valence electrons. The molecule has 16 heavy (non-hydrogen) atoms. The molecule has 0 aliphatic rings. The van der Waals surface area contributed by atoms with Gasteiger partial charge in [-0.05, 0) is 25.0 Å². The second-order valence-electron chi connectivity index (χ2n) is 3.74. The van der Waals surface area contributed by atoms with Gasteiger partial charge in [-0.2, -0.15) is 0 Å². The smallest absolute Gasteiger partial charge is 0.131 e. The van der Waals surface area contributed by atoms with E-state index < -0.39 is 17.2 Å². The Kier molecular flexibility index (Phi) is 3.96. The van der Waals surface area contributed by atoms with Crippen LogP contribution in [0.5, 0.6) is 0 Å². The summed E-state index contributed by atoms with van der Waals surface area (Å²) in [5.41, 5.74) is 4.81. The van der Waals surface area contributed by atoms with E-state index >= 15 is 0 Å². The van der Waals surface area contributed by atoms with Gasteiger partial charge in [0.05, 0.1) is 5.54 Å². The molecule has 0 radical (unpaired) electrons. The monoisotopic (exact) mass is 223 g/mol. The minimum atomic E-state index is -1.11. The van der Waals surface area contributed by atoms with Crippen molar-refractivity contribution in [2.45, 2.75) is 18.4 Å². The molecule has 1 rings (SSSR count). The topological polar surface area (TPSA) is 26.0 Å². The number of hydrogen-bond acceptors (Lipinski definition) is 1. The average molecular weight is 223 g/mol. The Morgan fingerprint density at radius 1 is 1.12 bits per heavy atom. The Labute approximate surface area is 94.3 Å². The molecule has 0 unspecified atom stereocenters. The lowest BCUT2D eigenvalue weighted by molar-refractivity contribution is 0.402. The Morgan fingerprint density at radius 2 is 1.56 bits per heavy atom. The molecule has 0 saturated carbocycles. The molecule has 0 spiro atoms. The fraction of sp³-hybridized carbons (Fsp3) is 0.231. The summed E-state index contributed by atoms with van der Waals surface area (Å²) in [6.07, 6.45) is 3.68. The third-order valence-corrected chi connectivity index (χ3v) is 2.48. The molecule has 0 amide bonds. The van der Waals surface area contributed by atoms with Crippen LogP contribution < -0.4 is 5.73 Å². The summed E-state index contributed by atoms with van der Waals surface area (Å²) in [6.45, 7) is 7.11. The molecule has 0 saturated heterocycles. The van der Waals surface area contributed by atoms with Crippen LogP contribution >= 0.6 is 0 Å². The lowest BCUT2D eigenvalue weighted by Gasteiger charge is -2.28. The number of rotatable bonds is 5. The highest BCUT2D eigenvalue weighted by Gasteiger charge is 2.30. The average Bonchev–Trinajstić information content (AvgIpc) is 2.17. The van der Waals surface area contributed by atoms with Crippen molar-refractivity contribution < 1.29 is 8.78 Å². The van der Waals surface area contributed by atoms with Crippen molar-refractivity contribution in [1.82, 2.24) is 0 Å². The summed E-state index contributed by atoms with van der Waals surface area (Å²) in [4.78, 5) is 0. The lowest BCUT2D eigenvalue weighted by Crippen LogP contribution is -2.37. The second-order valence-corrected chi connectivity index (χ2v) is 3.74. The summed E-state index contributed by atoms with van der Waals surface area (Å²) in [5.74, 6) is -1.27. The van der Waals surface area contributed by atoms with Gasteiger partial charge in [0.2, 0.25) is 0 Å². The van der Waals surface area contributed by atoms with Crippen LogP contribution in [-0.4, -0.2) is 0 Å². The van der Waals surface area contributed by atoms with E-state index in [-0.39, 0.29) is 18.4 Å². The molecule has 1 aromatic rings. The molecule has 2 N–H and O–H groups in total. The summed E-state index contributed by atoms with van der Waals surface area (Å²) >= 11 is 0. The third-order valence-electron chi connectivity index (χ3n) is 2.48. The molecule has 1 aromatic carbocycles. The largest absolute Gasteiger partial charge is 0.321 e. The van der Waals surface area contributed by atoms with Gasteiger partial charge in [-0.15, -0.1) is 13.2 Å². The zero-order valence-corrected chi connectivity index (χ0v) is 9.05. The van der Waals surface area contributed by atoms with Crippen molar-refractivity contribution in [3.05, 3.63) is 60.7 Å². The minimum absolute atomic E-state index is 0.102. The molecule has 0 heterocycles. The van der Waals surface area contributed by atoms with E-state index in [4.69, 9.17) is 5.73 Å². The maximum Gasteiger partial charge on any atom is 0.131 e. The minimum Gasteiger partial charge on any atom is -0.321 e. The molecule has 0 fully saturated rings. The van der Waals surface area contributed by atoms with Crippen LogP contribution in [0.25, 0.3) is 0 Å². The van der Waals surface area contributed by atoms with Gasteiger partial charge in [0.15, 0.2) is 0 Å². The molecule has 3 heteroatoms. The molecular weight excluding hydrogens is 208 g/mol. The number of halogens is 2. The fourth-order valence-corrected chi connectivity index (χ4v) is 1.78. The first-order valence-corrected chi connectivity index (χ1v) is 5.00. The predicted molar refractivity (Wildman–Crippen MR) is 61.9 cm³/mol. The molecule has 0 aliphatic carbocycles. The quantitative estimate of drug-likeness (QED) is 0.762. The first-order chi connectivity index (χ1) is 7.55. The van der Waals surface area contributed by atoms with Crippen molar-refractivity contribution in [3.63, 3.8) is 0 Å². The van der Waals surface area contributed by atoms with Gasteiger partial charge in [-0.3, -0.25) is 0 Å². The zero-order valence-electron chi connectivity index (χ0n) is 9.05. The van der Waals surface area contributed by atoms with Crippen LogP contribution in [0.3, 0.4) is 0 Å². The van der Waals surface area contributed by atoms with E-state index in [9.17, 15) is 8.78 Å². The highest BCUT2D eigenvalue weighted by atomic mass is 19.1. The Bertz CT molecular complexity index is 369. The summed E-state index contributed by atoms with van der Waals surface area (Å²) in [6, 6.07) is 3.72. The second kappa shape index (κ2) is 5.03. The molecule has 0 bridgehead atoms. The van der Waals surface area contributed by atoms with Gasteiger partial charge in [-0.25, -0.2) is 8.78 Å².